The van der Waals surface area contributed by atoms with Gasteiger partial charge in [-0.1, -0.05) is 42.5 Å². The molecule has 2 aliphatic heterocycles. The Balaban J connectivity index is 1.48. The van der Waals surface area contributed by atoms with E-state index in [0.717, 1.165) is 34.0 Å². The van der Waals surface area contributed by atoms with E-state index in [9.17, 15) is 4.79 Å². The van der Waals surface area contributed by atoms with Gasteiger partial charge in [-0.25, -0.2) is 0 Å². The second-order valence-corrected chi connectivity index (χ2v) is 7.10. The van der Waals surface area contributed by atoms with Crippen molar-refractivity contribution >= 4 is 17.3 Å². The SMILES string of the molecule is CC(CN1Cc2ccccc2C1=O)N1c2ccccc2Oc2ccccc21. The monoisotopic (exact) mass is 356 g/mol. The van der Waals surface area contributed by atoms with Crippen molar-refractivity contribution in [1.82, 2.24) is 4.90 Å². The van der Waals surface area contributed by atoms with Crippen molar-refractivity contribution in [3.05, 3.63) is 83.9 Å². The fourth-order valence-corrected chi connectivity index (χ4v) is 4.07. The number of hydrogen-bond acceptors (Lipinski definition) is 3. The smallest absolute Gasteiger partial charge is 0.254 e. The highest BCUT2D eigenvalue weighted by Crippen LogP contribution is 2.47. The molecule has 3 aromatic carbocycles. The Morgan fingerprint density at radius 3 is 2.15 bits per heavy atom. The van der Waals surface area contributed by atoms with Crippen LogP contribution in [-0.4, -0.2) is 23.4 Å². The van der Waals surface area contributed by atoms with E-state index in [2.05, 4.69) is 24.0 Å². The minimum atomic E-state index is 0.106. The van der Waals surface area contributed by atoms with E-state index in [1.54, 1.807) is 0 Å². The summed E-state index contributed by atoms with van der Waals surface area (Å²) >= 11 is 0. The number of amides is 1. The molecule has 2 heterocycles. The summed E-state index contributed by atoms with van der Waals surface area (Å²) in [6.45, 7) is 3.48. The number of carbonyl (C=O) groups excluding carboxylic acids is 1. The second-order valence-electron chi connectivity index (χ2n) is 7.10. The Hall–Kier alpha value is -3.27. The third kappa shape index (κ3) is 2.56. The van der Waals surface area contributed by atoms with E-state index in [1.165, 1.54) is 0 Å². The average Bonchev–Trinajstić information content (AvgIpc) is 3.01. The molecule has 0 N–H and O–H groups in total. The largest absolute Gasteiger partial charge is 0.453 e. The average molecular weight is 356 g/mol. The zero-order chi connectivity index (χ0) is 18.4. The summed E-state index contributed by atoms with van der Waals surface area (Å²) in [7, 11) is 0. The van der Waals surface area contributed by atoms with Crippen LogP contribution in [0.25, 0.3) is 0 Å². The Kier molecular flexibility index (Phi) is 3.64. The van der Waals surface area contributed by atoms with Gasteiger partial charge in [0.1, 0.15) is 0 Å². The molecule has 0 aromatic heterocycles. The Morgan fingerprint density at radius 1 is 0.889 bits per heavy atom. The first-order chi connectivity index (χ1) is 13.2. The van der Waals surface area contributed by atoms with Gasteiger partial charge < -0.3 is 14.5 Å². The third-order valence-corrected chi connectivity index (χ3v) is 5.29. The molecule has 4 nitrogen and oxygen atoms in total. The molecule has 0 aliphatic carbocycles. The molecule has 134 valence electrons. The van der Waals surface area contributed by atoms with Crippen LogP contribution in [0.5, 0.6) is 11.5 Å². The van der Waals surface area contributed by atoms with Crippen LogP contribution in [0.2, 0.25) is 0 Å². The molecule has 0 radical (unpaired) electrons. The minimum absolute atomic E-state index is 0.106. The quantitative estimate of drug-likeness (QED) is 0.664. The van der Waals surface area contributed by atoms with Crippen LogP contribution in [0.15, 0.2) is 72.8 Å². The Morgan fingerprint density at radius 2 is 1.48 bits per heavy atom. The summed E-state index contributed by atoms with van der Waals surface area (Å²) in [4.78, 5) is 17.0. The lowest BCUT2D eigenvalue weighted by Crippen LogP contribution is -2.41. The molecule has 1 unspecified atom stereocenters. The molecule has 2 aliphatic rings. The van der Waals surface area contributed by atoms with Crippen LogP contribution in [0.4, 0.5) is 11.4 Å². The van der Waals surface area contributed by atoms with Crippen LogP contribution in [0.3, 0.4) is 0 Å². The van der Waals surface area contributed by atoms with E-state index in [1.807, 2.05) is 65.6 Å². The van der Waals surface area contributed by atoms with Crippen molar-refractivity contribution in [1.29, 1.82) is 0 Å². The van der Waals surface area contributed by atoms with Gasteiger partial charge >= 0.3 is 0 Å². The summed E-state index contributed by atoms with van der Waals surface area (Å²) in [6.07, 6.45) is 0. The first-order valence-electron chi connectivity index (χ1n) is 9.25. The number of carbonyl (C=O) groups is 1. The van der Waals surface area contributed by atoms with Gasteiger partial charge in [-0.15, -0.1) is 0 Å². The lowest BCUT2D eigenvalue weighted by Gasteiger charge is -2.38. The number of para-hydroxylation sites is 4. The van der Waals surface area contributed by atoms with Crippen molar-refractivity contribution in [2.45, 2.75) is 19.5 Å². The van der Waals surface area contributed by atoms with Crippen molar-refractivity contribution in [3.8, 4) is 11.5 Å². The minimum Gasteiger partial charge on any atom is -0.453 e. The van der Waals surface area contributed by atoms with E-state index < -0.39 is 0 Å². The normalized spacial score (nSPS) is 15.7. The predicted molar refractivity (Wildman–Crippen MR) is 106 cm³/mol. The van der Waals surface area contributed by atoms with E-state index in [4.69, 9.17) is 4.74 Å². The fraction of sp³-hybridized carbons (Fsp3) is 0.174. The number of nitrogens with zero attached hydrogens (tertiary/aromatic N) is 2. The number of anilines is 2. The third-order valence-electron chi connectivity index (χ3n) is 5.29. The lowest BCUT2D eigenvalue weighted by molar-refractivity contribution is 0.0771. The maximum atomic E-state index is 12.8. The van der Waals surface area contributed by atoms with Gasteiger partial charge in [0.15, 0.2) is 11.5 Å². The van der Waals surface area contributed by atoms with Crippen molar-refractivity contribution in [3.63, 3.8) is 0 Å². The summed E-state index contributed by atoms with van der Waals surface area (Å²) < 4.78 is 6.08. The fourth-order valence-electron chi connectivity index (χ4n) is 4.07. The zero-order valence-corrected chi connectivity index (χ0v) is 15.1. The number of hydrogen-bond donors (Lipinski definition) is 0. The van der Waals surface area contributed by atoms with Crippen molar-refractivity contribution < 1.29 is 9.53 Å². The van der Waals surface area contributed by atoms with Crippen molar-refractivity contribution in [2.75, 3.05) is 11.4 Å². The van der Waals surface area contributed by atoms with Crippen molar-refractivity contribution in [2.24, 2.45) is 0 Å². The number of ether oxygens (including phenoxy) is 1. The number of fused-ring (bicyclic) bond motifs is 3. The zero-order valence-electron chi connectivity index (χ0n) is 15.1. The van der Waals surface area contributed by atoms with E-state index >= 15 is 0 Å². The van der Waals surface area contributed by atoms with Gasteiger partial charge in [-0.3, -0.25) is 4.79 Å². The molecule has 5 rings (SSSR count). The topological polar surface area (TPSA) is 32.8 Å². The summed E-state index contributed by atoms with van der Waals surface area (Å²) in [5.74, 6) is 1.81. The van der Waals surface area contributed by atoms with Crippen LogP contribution in [0.1, 0.15) is 22.8 Å². The van der Waals surface area contributed by atoms with Crippen LogP contribution < -0.4 is 9.64 Å². The van der Waals surface area contributed by atoms with Gasteiger partial charge in [-0.2, -0.15) is 0 Å². The summed E-state index contributed by atoms with van der Waals surface area (Å²) in [5, 5.41) is 0. The molecule has 0 fully saturated rings. The molecule has 1 amide bonds. The molecule has 3 aromatic rings. The van der Waals surface area contributed by atoms with E-state index in [-0.39, 0.29) is 11.9 Å². The maximum absolute atomic E-state index is 12.8. The molecular weight excluding hydrogens is 336 g/mol. The molecule has 4 heteroatoms. The molecule has 0 bridgehead atoms. The van der Waals surface area contributed by atoms with Gasteiger partial charge in [0.25, 0.3) is 5.91 Å². The molecule has 0 saturated heterocycles. The summed E-state index contributed by atoms with van der Waals surface area (Å²) in [5.41, 5.74) is 4.01. The van der Waals surface area contributed by atoms with Crippen LogP contribution in [0, 0.1) is 0 Å². The highest BCUT2D eigenvalue weighted by Gasteiger charge is 2.32. The molecule has 0 spiro atoms. The van der Waals surface area contributed by atoms with Gasteiger partial charge in [-0.05, 0) is 42.8 Å². The highest BCUT2D eigenvalue weighted by molar-refractivity contribution is 5.98. The van der Waals surface area contributed by atoms with Gasteiger partial charge in [0.2, 0.25) is 0 Å². The van der Waals surface area contributed by atoms with E-state index in [0.29, 0.717) is 13.1 Å². The lowest BCUT2D eigenvalue weighted by atomic mass is 10.1. The van der Waals surface area contributed by atoms with Gasteiger partial charge in [0, 0.05) is 24.7 Å². The maximum Gasteiger partial charge on any atom is 0.254 e. The first-order valence-corrected chi connectivity index (χ1v) is 9.25. The Bertz CT molecular complexity index is 985. The molecule has 1 atom stereocenters. The second kappa shape index (κ2) is 6.16. The Labute approximate surface area is 158 Å². The van der Waals surface area contributed by atoms with Crippen LogP contribution >= 0.6 is 0 Å². The van der Waals surface area contributed by atoms with Gasteiger partial charge in [0.05, 0.1) is 11.4 Å². The molecule has 0 saturated carbocycles. The molecule has 27 heavy (non-hydrogen) atoms. The molecular formula is C23H20N2O2. The highest BCUT2D eigenvalue weighted by atomic mass is 16.5. The predicted octanol–water partition coefficient (Wildman–Crippen LogP) is 4.97. The van der Waals surface area contributed by atoms with Crippen LogP contribution in [-0.2, 0) is 6.54 Å². The first kappa shape index (κ1) is 15.9. The summed E-state index contributed by atoms with van der Waals surface area (Å²) in [6, 6.07) is 24.1. The number of benzene rings is 3. The standard InChI is InChI=1S/C23H20N2O2/c1-16(14-24-15-17-8-2-3-9-18(17)23(24)26)25-19-10-4-6-12-21(19)27-22-13-7-5-11-20(22)25/h2-13,16H,14-15H2,1H3. The number of rotatable bonds is 3.